The first-order valence-electron chi connectivity index (χ1n) is 7.58. The minimum absolute atomic E-state index is 0.172. The molecule has 5 nitrogen and oxygen atoms in total. The number of fused-ring (bicyclic) bond motifs is 1. The standard InChI is InChI=1S/C17H18ClN3O2S/c1-4-21-12(3)19-15-10-13(8-9-16(15)21)20-24(22,23)17-7-5-6-14(18)11(17)2/h5-10,20H,4H2,1-3H3. The lowest BCUT2D eigenvalue weighted by Crippen LogP contribution is -2.14. The quantitative estimate of drug-likeness (QED) is 0.758. The lowest BCUT2D eigenvalue weighted by atomic mass is 10.2. The van der Waals surface area contributed by atoms with E-state index in [4.69, 9.17) is 11.6 Å². The van der Waals surface area contributed by atoms with Gasteiger partial charge in [-0.05, 0) is 56.7 Å². The van der Waals surface area contributed by atoms with Crippen molar-refractivity contribution in [2.75, 3.05) is 4.72 Å². The van der Waals surface area contributed by atoms with Gasteiger partial charge in [0, 0.05) is 11.6 Å². The topological polar surface area (TPSA) is 64.0 Å². The van der Waals surface area contributed by atoms with Crippen LogP contribution >= 0.6 is 11.6 Å². The van der Waals surface area contributed by atoms with E-state index in [9.17, 15) is 8.42 Å². The molecule has 7 heteroatoms. The summed E-state index contributed by atoms with van der Waals surface area (Å²) in [7, 11) is -3.71. The molecule has 0 spiro atoms. The average molecular weight is 364 g/mol. The fourth-order valence-corrected chi connectivity index (χ4v) is 4.35. The van der Waals surface area contributed by atoms with E-state index in [1.165, 1.54) is 6.07 Å². The highest BCUT2D eigenvalue weighted by Crippen LogP contribution is 2.26. The second kappa shape index (κ2) is 6.11. The fraction of sp³-hybridized carbons (Fsp3) is 0.235. The van der Waals surface area contributed by atoms with Crippen molar-refractivity contribution in [1.82, 2.24) is 9.55 Å². The maximum absolute atomic E-state index is 12.6. The highest BCUT2D eigenvalue weighted by Gasteiger charge is 2.18. The van der Waals surface area contributed by atoms with E-state index < -0.39 is 10.0 Å². The van der Waals surface area contributed by atoms with Gasteiger partial charge >= 0.3 is 0 Å². The monoisotopic (exact) mass is 363 g/mol. The van der Waals surface area contributed by atoms with Gasteiger partial charge in [-0.2, -0.15) is 0 Å². The largest absolute Gasteiger partial charge is 0.329 e. The number of sulfonamides is 1. The molecule has 3 rings (SSSR count). The Bertz CT molecular complexity index is 1030. The summed E-state index contributed by atoms with van der Waals surface area (Å²) in [5, 5.41) is 0.422. The van der Waals surface area contributed by atoms with Crippen LogP contribution in [0.2, 0.25) is 5.02 Å². The molecule has 0 bridgehead atoms. The van der Waals surface area contributed by atoms with Crippen LogP contribution < -0.4 is 4.72 Å². The number of nitrogens with one attached hydrogen (secondary N) is 1. The van der Waals surface area contributed by atoms with Gasteiger partial charge in [-0.25, -0.2) is 13.4 Å². The molecule has 0 aliphatic heterocycles. The molecule has 1 N–H and O–H groups in total. The second-order valence-corrected chi connectivity index (χ2v) is 7.63. The maximum atomic E-state index is 12.6. The van der Waals surface area contributed by atoms with Crippen molar-refractivity contribution in [2.45, 2.75) is 32.2 Å². The van der Waals surface area contributed by atoms with Crippen molar-refractivity contribution in [3.63, 3.8) is 0 Å². The average Bonchev–Trinajstić information content (AvgIpc) is 2.83. The van der Waals surface area contributed by atoms with Crippen LogP contribution in [-0.2, 0) is 16.6 Å². The zero-order valence-corrected chi connectivity index (χ0v) is 15.2. The third-order valence-electron chi connectivity index (χ3n) is 4.02. The molecule has 0 fully saturated rings. The minimum Gasteiger partial charge on any atom is -0.329 e. The highest BCUT2D eigenvalue weighted by atomic mass is 35.5. The SMILES string of the molecule is CCn1c(C)nc2cc(NS(=O)(=O)c3cccc(Cl)c3C)ccc21. The summed E-state index contributed by atoms with van der Waals surface area (Å²) in [5.41, 5.74) is 2.75. The third-order valence-corrected chi connectivity index (χ3v) is 5.95. The van der Waals surface area contributed by atoms with E-state index in [2.05, 4.69) is 14.3 Å². The van der Waals surface area contributed by atoms with Crippen molar-refractivity contribution in [3.8, 4) is 0 Å². The van der Waals surface area contributed by atoms with E-state index in [1.54, 1.807) is 31.2 Å². The van der Waals surface area contributed by atoms with Crippen LogP contribution in [0.4, 0.5) is 5.69 Å². The second-order valence-electron chi connectivity index (χ2n) is 5.58. The van der Waals surface area contributed by atoms with E-state index in [0.717, 1.165) is 23.4 Å². The summed E-state index contributed by atoms with van der Waals surface area (Å²) < 4.78 is 30.0. The Balaban J connectivity index is 2.01. The maximum Gasteiger partial charge on any atom is 0.262 e. The summed E-state index contributed by atoms with van der Waals surface area (Å²) >= 11 is 6.03. The molecule has 0 unspecified atom stereocenters. The Morgan fingerprint density at radius 2 is 1.96 bits per heavy atom. The molecule has 3 aromatic rings. The minimum atomic E-state index is -3.71. The van der Waals surface area contributed by atoms with Crippen molar-refractivity contribution in [3.05, 3.63) is 52.8 Å². The third kappa shape index (κ3) is 2.87. The van der Waals surface area contributed by atoms with Gasteiger partial charge in [0.25, 0.3) is 10.0 Å². The fourth-order valence-electron chi connectivity index (χ4n) is 2.80. The molecule has 0 atom stereocenters. The van der Waals surface area contributed by atoms with Crippen LogP contribution in [0, 0.1) is 13.8 Å². The molecule has 24 heavy (non-hydrogen) atoms. The number of imidazole rings is 1. The summed E-state index contributed by atoms with van der Waals surface area (Å²) in [6.07, 6.45) is 0. The van der Waals surface area contributed by atoms with Crippen molar-refractivity contribution in [2.24, 2.45) is 0 Å². The number of benzene rings is 2. The van der Waals surface area contributed by atoms with Crippen LogP contribution in [0.15, 0.2) is 41.3 Å². The van der Waals surface area contributed by atoms with Crippen molar-refractivity contribution in [1.29, 1.82) is 0 Å². The number of nitrogens with zero attached hydrogens (tertiary/aromatic N) is 2. The van der Waals surface area contributed by atoms with Gasteiger partial charge in [0.2, 0.25) is 0 Å². The van der Waals surface area contributed by atoms with Crippen LogP contribution in [0.3, 0.4) is 0 Å². The summed E-state index contributed by atoms with van der Waals surface area (Å²) in [6.45, 7) is 6.48. The Labute approximate surface area is 146 Å². The normalized spacial score (nSPS) is 11.8. The Morgan fingerprint density at radius 3 is 2.67 bits per heavy atom. The number of rotatable bonds is 4. The Morgan fingerprint density at radius 1 is 1.21 bits per heavy atom. The van der Waals surface area contributed by atoms with E-state index in [-0.39, 0.29) is 4.90 Å². The van der Waals surface area contributed by atoms with Crippen molar-refractivity contribution >= 4 is 38.3 Å². The summed E-state index contributed by atoms with van der Waals surface area (Å²) in [5.74, 6) is 0.901. The van der Waals surface area contributed by atoms with Gasteiger partial charge in [-0.3, -0.25) is 4.72 Å². The van der Waals surface area contributed by atoms with Gasteiger partial charge in [0.15, 0.2) is 0 Å². The van der Waals surface area contributed by atoms with Crippen LogP contribution in [0.5, 0.6) is 0 Å². The predicted octanol–water partition coefficient (Wildman–Crippen LogP) is 4.13. The highest BCUT2D eigenvalue weighted by molar-refractivity contribution is 7.92. The summed E-state index contributed by atoms with van der Waals surface area (Å²) in [6, 6.07) is 10.2. The zero-order chi connectivity index (χ0) is 17.5. The molecule has 0 radical (unpaired) electrons. The molecule has 126 valence electrons. The molecular formula is C17H18ClN3O2S. The number of hydrogen-bond donors (Lipinski definition) is 1. The number of halogens is 1. The smallest absolute Gasteiger partial charge is 0.262 e. The van der Waals surface area contributed by atoms with Gasteiger partial charge in [-0.15, -0.1) is 0 Å². The zero-order valence-electron chi connectivity index (χ0n) is 13.7. The number of aromatic nitrogens is 2. The van der Waals surface area contributed by atoms with Crippen molar-refractivity contribution < 1.29 is 8.42 Å². The molecule has 0 saturated carbocycles. The summed E-state index contributed by atoms with van der Waals surface area (Å²) in [4.78, 5) is 4.66. The molecule has 0 aliphatic carbocycles. The predicted molar refractivity (Wildman–Crippen MR) is 97.1 cm³/mol. The molecule has 1 aromatic heterocycles. The molecule has 0 amide bonds. The number of hydrogen-bond acceptors (Lipinski definition) is 3. The molecule has 0 aliphatic rings. The first-order chi connectivity index (χ1) is 11.3. The first kappa shape index (κ1) is 16.8. The lowest BCUT2D eigenvalue weighted by Gasteiger charge is -2.11. The van der Waals surface area contributed by atoms with E-state index in [1.807, 2.05) is 19.9 Å². The van der Waals surface area contributed by atoms with Crippen LogP contribution in [-0.4, -0.2) is 18.0 Å². The lowest BCUT2D eigenvalue weighted by molar-refractivity contribution is 0.600. The Hall–Kier alpha value is -2.05. The van der Waals surface area contributed by atoms with Gasteiger partial charge < -0.3 is 4.57 Å². The van der Waals surface area contributed by atoms with Crippen LogP contribution in [0.1, 0.15) is 18.3 Å². The molecular weight excluding hydrogens is 346 g/mol. The van der Waals surface area contributed by atoms with E-state index in [0.29, 0.717) is 16.3 Å². The van der Waals surface area contributed by atoms with Gasteiger partial charge in [0.05, 0.1) is 21.6 Å². The molecule has 2 aromatic carbocycles. The Kier molecular flexibility index (Phi) is 4.27. The number of anilines is 1. The first-order valence-corrected chi connectivity index (χ1v) is 9.44. The van der Waals surface area contributed by atoms with E-state index >= 15 is 0 Å². The van der Waals surface area contributed by atoms with Gasteiger partial charge in [0.1, 0.15) is 5.82 Å². The van der Waals surface area contributed by atoms with Crippen LogP contribution in [0.25, 0.3) is 11.0 Å². The molecule has 1 heterocycles. The van der Waals surface area contributed by atoms with Gasteiger partial charge in [-0.1, -0.05) is 17.7 Å². The number of aryl methyl sites for hydroxylation is 2. The molecule has 0 saturated heterocycles.